The largest absolute Gasteiger partial charge is 0.394 e. The molecule has 2 rings (SSSR count). The number of carbonyl (C=O) groups excluding carboxylic acids is 1. The number of rotatable bonds is 66. The number of aliphatic hydroxyl groups is 8. The van der Waals surface area contributed by atoms with E-state index in [1.54, 1.807) is 6.08 Å². The van der Waals surface area contributed by atoms with Gasteiger partial charge in [0.15, 0.2) is 12.6 Å². The topological polar surface area (TPSA) is 228 Å². The fourth-order valence-corrected chi connectivity index (χ4v) is 12.7. The maximum absolute atomic E-state index is 13.4. The van der Waals surface area contributed by atoms with Crippen molar-refractivity contribution >= 4 is 5.91 Å². The highest BCUT2D eigenvalue weighted by atomic mass is 16.7. The minimum absolute atomic E-state index is 0.238. The first kappa shape index (κ1) is 90.7. The summed E-state index contributed by atoms with van der Waals surface area (Å²) in [5.41, 5.74) is 0. The molecule has 2 fully saturated rings. The Morgan fingerprint density at radius 2 is 0.704 bits per heavy atom. The molecule has 2 heterocycles. The summed E-state index contributed by atoms with van der Waals surface area (Å²) in [5, 5.41) is 87.7. The van der Waals surface area contributed by atoms with Crippen LogP contribution in [0.3, 0.4) is 0 Å². The van der Waals surface area contributed by atoms with Gasteiger partial charge in [-0.25, -0.2) is 0 Å². The summed E-state index contributed by atoms with van der Waals surface area (Å²) in [6, 6.07) is -0.921. The van der Waals surface area contributed by atoms with Crippen molar-refractivity contribution in [2.45, 2.75) is 396 Å². The molecule has 14 heteroatoms. The third kappa shape index (κ3) is 49.3. The summed E-state index contributed by atoms with van der Waals surface area (Å²) in [4.78, 5) is 13.4. The van der Waals surface area contributed by atoms with Crippen LogP contribution in [-0.4, -0.2) is 140 Å². The van der Waals surface area contributed by atoms with Crippen LogP contribution in [0.5, 0.6) is 0 Å². The van der Waals surface area contributed by atoms with Crippen LogP contribution in [0.4, 0.5) is 0 Å². The Bertz CT molecular complexity index is 2070. The second kappa shape index (κ2) is 66.9. The smallest absolute Gasteiger partial charge is 0.220 e. The molecule has 98 heavy (non-hydrogen) atoms. The van der Waals surface area contributed by atoms with Crippen LogP contribution in [0, 0.1) is 0 Å². The maximum Gasteiger partial charge on any atom is 0.220 e. The molecular formula is C84H147NO13. The molecule has 2 aliphatic rings. The Hall–Kier alpha value is -3.35. The van der Waals surface area contributed by atoms with Gasteiger partial charge in [0, 0.05) is 6.42 Å². The first-order valence-electron chi connectivity index (χ1n) is 40.1. The number of carbonyl (C=O) groups is 1. The van der Waals surface area contributed by atoms with E-state index in [4.69, 9.17) is 18.9 Å². The molecule has 0 bridgehead atoms. The van der Waals surface area contributed by atoms with Gasteiger partial charge in [-0.05, 0) is 83.5 Å². The van der Waals surface area contributed by atoms with E-state index < -0.39 is 86.8 Å². The zero-order valence-electron chi connectivity index (χ0n) is 62.0. The fourth-order valence-electron chi connectivity index (χ4n) is 12.7. The summed E-state index contributed by atoms with van der Waals surface area (Å²) in [7, 11) is 0. The highest BCUT2D eigenvalue weighted by Gasteiger charge is 2.51. The molecule has 0 saturated carbocycles. The monoisotopic (exact) mass is 1380 g/mol. The number of allylic oxidation sites excluding steroid dienone is 17. The van der Waals surface area contributed by atoms with Crippen LogP contribution in [-0.2, 0) is 23.7 Å². The van der Waals surface area contributed by atoms with Gasteiger partial charge >= 0.3 is 0 Å². The van der Waals surface area contributed by atoms with Gasteiger partial charge in [0.25, 0.3) is 0 Å². The second-order valence-electron chi connectivity index (χ2n) is 27.8. The minimum Gasteiger partial charge on any atom is -0.394 e. The van der Waals surface area contributed by atoms with Crippen LogP contribution in [0.15, 0.2) is 109 Å². The lowest BCUT2D eigenvalue weighted by atomic mass is 9.97. The number of ether oxygens (including phenoxy) is 4. The van der Waals surface area contributed by atoms with Gasteiger partial charge in [-0.2, -0.15) is 0 Å². The summed E-state index contributed by atoms with van der Waals surface area (Å²) in [5.74, 6) is -0.238. The van der Waals surface area contributed by atoms with Crippen LogP contribution < -0.4 is 5.32 Å². The zero-order valence-corrected chi connectivity index (χ0v) is 62.0. The van der Waals surface area contributed by atoms with Crippen molar-refractivity contribution in [1.82, 2.24) is 5.32 Å². The molecule has 0 aromatic rings. The standard InChI is InChI=1S/C84H147NO13/c1-3-5-7-9-11-13-15-17-19-21-23-25-27-28-29-30-31-32-33-34-35-36-37-38-39-40-41-42-43-44-46-48-50-52-54-56-58-60-62-64-66-68-76(89)85-72(71-95-83-81(94)79(92)82(75(70-87)97-83)98-84-80(93)78(91)77(90)74(69-86)96-84)73(88)67-65-63-61-59-57-55-53-51-49-47-45-26-24-22-20-18-16-14-12-10-8-6-4-2/h5,7,11,13,17,19,23,25,28-29,31-32,34-35,37-38,65,67,72-75,77-84,86-88,90-94H,3-4,6,8-10,12,14-16,18,20-22,24,26-27,30,33,36,39-64,66,68-71H2,1-2H3,(H,85,89)/b7-5-,13-11-,19-17-,25-23-,29-28-,32-31-,35-34-,38-37-,67-65+. The molecule has 0 aromatic carbocycles. The number of unbranched alkanes of at least 4 members (excludes halogenated alkanes) is 37. The van der Waals surface area contributed by atoms with Crippen molar-refractivity contribution < 1.29 is 64.6 Å². The Kier molecular flexibility index (Phi) is 61.9. The van der Waals surface area contributed by atoms with Gasteiger partial charge in [-0.15, -0.1) is 0 Å². The average Bonchev–Trinajstić information content (AvgIpc) is 0.793. The number of amides is 1. The van der Waals surface area contributed by atoms with E-state index in [0.29, 0.717) is 6.42 Å². The van der Waals surface area contributed by atoms with Gasteiger partial charge < -0.3 is 65.1 Å². The molecule has 2 saturated heterocycles. The molecule has 1 amide bonds. The van der Waals surface area contributed by atoms with Crippen molar-refractivity contribution in [3.63, 3.8) is 0 Å². The first-order valence-corrected chi connectivity index (χ1v) is 40.1. The van der Waals surface area contributed by atoms with Crippen molar-refractivity contribution in [3.05, 3.63) is 109 Å². The third-order valence-corrected chi connectivity index (χ3v) is 19.0. The van der Waals surface area contributed by atoms with Crippen molar-refractivity contribution in [3.8, 4) is 0 Å². The quantitative estimate of drug-likeness (QED) is 0.0204. The number of hydrogen-bond donors (Lipinski definition) is 9. The Balaban J connectivity index is 1.59. The SMILES string of the molecule is CC/C=C\C/C=C\C/C=C\C/C=C\C/C=C\C/C=C\C/C=C\C/C=C\CCCCCCCCCCCCCCCCCCC(=O)NC(COC1OC(CO)C(OC2OC(CO)C(O)C(O)C2O)C(O)C1O)C(O)/C=C/CCCCCCCCCCCCCCCCCCCCCCC. The third-order valence-electron chi connectivity index (χ3n) is 19.0. The molecule has 2 aliphatic heterocycles. The van der Waals surface area contributed by atoms with Gasteiger partial charge in [0.2, 0.25) is 5.91 Å². The number of nitrogens with one attached hydrogen (secondary N) is 1. The van der Waals surface area contributed by atoms with E-state index in [1.165, 1.54) is 205 Å². The molecule has 0 aliphatic carbocycles. The van der Waals surface area contributed by atoms with Crippen LogP contribution >= 0.6 is 0 Å². The van der Waals surface area contributed by atoms with Gasteiger partial charge in [0.05, 0.1) is 32.0 Å². The number of hydrogen-bond acceptors (Lipinski definition) is 13. The van der Waals surface area contributed by atoms with Crippen molar-refractivity contribution in [1.29, 1.82) is 0 Å². The second-order valence-corrected chi connectivity index (χ2v) is 27.8. The predicted molar refractivity (Wildman–Crippen MR) is 406 cm³/mol. The molecule has 566 valence electrons. The van der Waals surface area contributed by atoms with E-state index in [1.807, 2.05) is 6.08 Å². The normalized spacial score (nSPS) is 22.6. The van der Waals surface area contributed by atoms with Gasteiger partial charge in [-0.1, -0.05) is 342 Å². The molecule has 12 atom stereocenters. The van der Waals surface area contributed by atoms with Crippen LogP contribution in [0.1, 0.15) is 322 Å². The summed E-state index contributed by atoms with van der Waals surface area (Å²) in [6.45, 7) is 2.72. The highest BCUT2D eigenvalue weighted by Crippen LogP contribution is 2.30. The summed E-state index contributed by atoms with van der Waals surface area (Å²) >= 11 is 0. The Morgan fingerprint density at radius 1 is 0.378 bits per heavy atom. The van der Waals surface area contributed by atoms with Crippen molar-refractivity contribution in [2.75, 3.05) is 19.8 Å². The molecule has 14 nitrogen and oxygen atoms in total. The Morgan fingerprint density at radius 3 is 1.08 bits per heavy atom. The minimum atomic E-state index is -1.79. The summed E-state index contributed by atoms with van der Waals surface area (Å²) < 4.78 is 22.9. The lowest BCUT2D eigenvalue weighted by molar-refractivity contribution is -0.359. The molecule has 0 spiro atoms. The van der Waals surface area contributed by atoms with E-state index in [9.17, 15) is 45.6 Å². The molecular weight excluding hydrogens is 1230 g/mol. The fraction of sp³-hybridized carbons (Fsp3) is 0.774. The first-order chi connectivity index (χ1) is 48.1. The lowest BCUT2D eigenvalue weighted by Crippen LogP contribution is -2.65. The van der Waals surface area contributed by atoms with Crippen molar-refractivity contribution in [2.24, 2.45) is 0 Å². The Labute approximate surface area is 597 Å². The average molecular weight is 1380 g/mol. The van der Waals surface area contributed by atoms with E-state index >= 15 is 0 Å². The highest BCUT2D eigenvalue weighted by molar-refractivity contribution is 5.76. The van der Waals surface area contributed by atoms with Gasteiger partial charge in [0.1, 0.15) is 48.8 Å². The maximum atomic E-state index is 13.4. The molecule has 0 radical (unpaired) electrons. The van der Waals surface area contributed by atoms with E-state index in [-0.39, 0.29) is 18.9 Å². The van der Waals surface area contributed by atoms with E-state index in [0.717, 1.165) is 89.9 Å². The molecule has 0 aromatic heterocycles. The van der Waals surface area contributed by atoms with Crippen LogP contribution in [0.25, 0.3) is 0 Å². The van der Waals surface area contributed by atoms with E-state index in [2.05, 4.69) is 116 Å². The molecule has 12 unspecified atom stereocenters. The van der Waals surface area contributed by atoms with Gasteiger partial charge in [-0.3, -0.25) is 4.79 Å². The predicted octanol–water partition coefficient (Wildman–Crippen LogP) is 18.2. The number of aliphatic hydroxyl groups excluding tert-OH is 8. The molecule has 9 N–H and O–H groups in total. The summed E-state index contributed by atoms with van der Waals surface area (Å²) in [6.07, 6.45) is 80.2. The lowest BCUT2D eigenvalue weighted by Gasteiger charge is -2.46. The zero-order chi connectivity index (χ0) is 70.8. The van der Waals surface area contributed by atoms with Crippen LogP contribution in [0.2, 0.25) is 0 Å².